The standard InChI is InChI=1S/C28H26FNO3/c1-2-6-22(17-28(31)32)21-9-11-25(12-10-21)33-19-24-16-27-23(15-26(24)29)13-14-30(27)18-20-7-4-3-5-8-20/h2-16,22H,17-19H2,1H3,(H,31,32)/t22-/m1/s1. The maximum atomic E-state index is 14.7. The Bertz CT molecular complexity index is 1260. The molecule has 33 heavy (non-hydrogen) atoms. The van der Waals surface area contributed by atoms with Crippen LogP contribution in [0.3, 0.4) is 0 Å². The van der Waals surface area contributed by atoms with Crippen LogP contribution in [0.5, 0.6) is 5.75 Å². The Labute approximate surface area is 192 Å². The molecule has 0 fully saturated rings. The minimum atomic E-state index is -0.846. The van der Waals surface area contributed by atoms with Crippen molar-refractivity contribution in [2.75, 3.05) is 0 Å². The van der Waals surface area contributed by atoms with Crippen molar-refractivity contribution in [2.24, 2.45) is 0 Å². The summed E-state index contributed by atoms with van der Waals surface area (Å²) in [5.74, 6) is -0.737. The number of aromatic nitrogens is 1. The molecule has 0 spiro atoms. The van der Waals surface area contributed by atoms with Gasteiger partial charge in [-0.05, 0) is 48.4 Å². The summed E-state index contributed by atoms with van der Waals surface area (Å²) >= 11 is 0. The molecule has 0 bridgehead atoms. The fourth-order valence-corrected chi connectivity index (χ4v) is 3.97. The third-order valence-corrected chi connectivity index (χ3v) is 5.66. The van der Waals surface area contributed by atoms with Crippen molar-refractivity contribution in [3.8, 4) is 5.75 Å². The number of halogens is 1. The number of fused-ring (bicyclic) bond motifs is 1. The second-order valence-corrected chi connectivity index (χ2v) is 8.02. The lowest BCUT2D eigenvalue weighted by atomic mass is 9.95. The molecule has 3 aromatic carbocycles. The van der Waals surface area contributed by atoms with Crippen molar-refractivity contribution in [1.29, 1.82) is 0 Å². The van der Waals surface area contributed by atoms with Crippen LogP contribution in [0.2, 0.25) is 0 Å². The second-order valence-electron chi connectivity index (χ2n) is 8.02. The molecule has 4 aromatic rings. The number of allylic oxidation sites excluding steroid dienone is 2. The van der Waals surface area contributed by atoms with E-state index in [-0.39, 0.29) is 24.8 Å². The lowest BCUT2D eigenvalue weighted by molar-refractivity contribution is -0.137. The number of rotatable bonds is 9. The lowest BCUT2D eigenvalue weighted by Crippen LogP contribution is -2.04. The molecular formula is C28H26FNO3. The Morgan fingerprint density at radius 2 is 1.85 bits per heavy atom. The van der Waals surface area contributed by atoms with E-state index in [1.165, 1.54) is 5.56 Å². The molecule has 1 N–H and O–H groups in total. The van der Waals surface area contributed by atoms with Gasteiger partial charge in [0.15, 0.2) is 0 Å². The highest BCUT2D eigenvalue weighted by molar-refractivity contribution is 5.81. The summed E-state index contributed by atoms with van der Waals surface area (Å²) in [7, 11) is 0. The van der Waals surface area contributed by atoms with E-state index in [0.29, 0.717) is 17.9 Å². The zero-order valence-electron chi connectivity index (χ0n) is 18.4. The number of hydrogen-bond acceptors (Lipinski definition) is 2. The van der Waals surface area contributed by atoms with Crippen LogP contribution in [-0.2, 0) is 17.9 Å². The maximum absolute atomic E-state index is 14.7. The van der Waals surface area contributed by atoms with E-state index in [4.69, 9.17) is 9.84 Å². The van der Waals surface area contributed by atoms with E-state index in [2.05, 4.69) is 16.7 Å². The van der Waals surface area contributed by atoms with Crippen LogP contribution in [0.25, 0.3) is 10.9 Å². The summed E-state index contributed by atoms with van der Waals surface area (Å²) in [4.78, 5) is 11.1. The summed E-state index contributed by atoms with van der Waals surface area (Å²) in [6.45, 7) is 2.68. The van der Waals surface area contributed by atoms with Gasteiger partial charge in [0.2, 0.25) is 0 Å². The number of carbonyl (C=O) groups is 1. The minimum absolute atomic E-state index is 0.0262. The Hall–Kier alpha value is -3.86. The molecule has 5 heteroatoms. The first-order valence-corrected chi connectivity index (χ1v) is 10.9. The number of nitrogens with zero attached hydrogens (tertiary/aromatic N) is 1. The number of hydrogen-bond donors (Lipinski definition) is 1. The van der Waals surface area contributed by atoms with Gasteiger partial charge in [0.25, 0.3) is 0 Å². The fraction of sp³-hybridized carbons (Fsp3) is 0.179. The Morgan fingerprint density at radius 1 is 1.09 bits per heavy atom. The van der Waals surface area contributed by atoms with Crippen LogP contribution in [-0.4, -0.2) is 15.6 Å². The predicted octanol–water partition coefficient (Wildman–Crippen LogP) is 6.54. The van der Waals surface area contributed by atoms with Gasteiger partial charge in [-0.1, -0.05) is 54.6 Å². The van der Waals surface area contributed by atoms with Crippen LogP contribution in [0.15, 0.2) is 91.1 Å². The molecule has 1 atom stereocenters. The normalized spacial score (nSPS) is 12.3. The molecule has 0 saturated carbocycles. The molecule has 168 valence electrons. The highest BCUT2D eigenvalue weighted by Crippen LogP contribution is 2.26. The van der Waals surface area contributed by atoms with Crippen LogP contribution < -0.4 is 4.74 Å². The van der Waals surface area contributed by atoms with E-state index in [0.717, 1.165) is 16.5 Å². The minimum Gasteiger partial charge on any atom is -0.489 e. The van der Waals surface area contributed by atoms with Crippen molar-refractivity contribution >= 4 is 16.9 Å². The van der Waals surface area contributed by atoms with Gasteiger partial charge in [-0.2, -0.15) is 0 Å². The van der Waals surface area contributed by atoms with Gasteiger partial charge in [0.1, 0.15) is 18.2 Å². The zero-order valence-corrected chi connectivity index (χ0v) is 18.4. The SMILES string of the molecule is CC=C[C@H](CC(=O)O)c1ccc(OCc2cc3c(ccn3Cc3ccccc3)cc2F)cc1. The average molecular weight is 444 g/mol. The van der Waals surface area contributed by atoms with Gasteiger partial charge in [-0.25, -0.2) is 4.39 Å². The number of carboxylic acids is 1. The van der Waals surface area contributed by atoms with Gasteiger partial charge in [0.05, 0.1) is 6.42 Å². The van der Waals surface area contributed by atoms with E-state index >= 15 is 0 Å². The highest BCUT2D eigenvalue weighted by Gasteiger charge is 2.13. The molecule has 4 nitrogen and oxygen atoms in total. The molecule has 1 aromatic heterocycles. The van der Waals surface area contributed by atoms with Crippen molar-refractivity contribution in [3.05, 3.63) is 114 Å². The number of benzene rings is 3. The first kappa shape index (κ1) is 22.3. The summed E-state index contributed by atoms with van der Waals surface area (Å²) in [5.41, 5.74) is 3.51. The van der Waals surface area contributed by atoms with Crippen molar-refractivity contribution < 1.29 is 19.0 Å². The van der Waals surface area contributed by atoms with Crippen molar-refractivity contribution in [2.45, 2.75) is 32.4 Å². The molecule has 0 aliphatic rings. The Balaban J connectivity index is 1.49. The molecule has 0 saturated heterocycles. The predicted molar refractivity (Wildman–Crippen MR) is 128 cm³/mol. The van der Waals surface area contributed by atoms with E-state index < -0.39 is 5.97 Å². The quantitative estimate of drug-likeness (QED) is 0.299. The summed E-state index contributed by atoms with van der Waals surface area (Å²) in [5, 5.41) is 9.98. The number of ether oxygens (including phenoxy) is 1. The lowest BCUT2D eigenvalue weighted by Gasteiger charge is -2.13. The summed E-state index contributed by atoms with van der Waals surface area (Å²) < 4.78 is 22.6. The molecular weight excluding hydrogens is 417 g/mol. The molecule has 1 heterocycles. The van der Waals surface area contributed by atoms with E-state index in [1.54, 1.807) is 18.2 Å². The first-order valence-electron chi connectivity index (χ1n) is 10.9. The van der Waals surface area contributed by atoms with Gasteiger partial charge in [0, 0.05) is 35.1 Å². The smallest absolute Gasteiger partial charge is 0.304 e. The zero-order chi connectivity index (χ0) is 23.2. The highest BCUT2D eigenvalue weighted by atomic mass is 19.1. The molecule has 0 aliphatic heterocycles. The van der Waals surface area contributed by atoms with Gasteiger partial charge in [-0.15, -0.1) is 0 Å². The van der Waals surface area contributed by atoms with E-state index in [1.807, 2.05) is 67.7 Å². The van der Waals surface area contributed by atoms with E-state index in [9.17, 15) is 9.18 Å². The van der Waals surface area contributed by atoms with Crippen LogP contribution >= 0.6 is 0 Å². The van der Waals surface area contributed by atoms with Crippen LogP contribution in [0.1, 0.15) is 36.0 Å². The Kier molecular flexibility index (Phi) is 6.89. The Morgan fingerprint density at radius 3 is 2.55 bits per heavy atom. The van der Waals surface area contributed by atoms with Gasteiger partial charge >= 0.3 is 5.97 Å². The molecule has 0 unspecified atom stereocenters. The van der Waals surface area contributed by atoms with Gasteiger partial charge < -0.3 is 14.4 Å². The van der Waals surface area contributed by atoms with Crippen LogP contribution in [0.4, 0.5) is 4.39 Å². The molecule has 0 amide bonds. The summed E-state index contributed by atoms with van der Waals surface area (Å²) in [6.07, 6.45) is 5.72. The van der Waals surface area contributed by atoms with Crippen LogP contribution in [0, 0.1) is 5.82 Å². The van der Waals surface area contributed by atoms with Gasteiger partial charge in [-0.3, -0.25) is 4.79 Å². The van der Waals surface area contributed by atoms with Crippen molar-refractivity contribution in [3.63, 3.8) is 0 Å². The second kappa shape index (κ2) is 10.2. The largest absolute Gasteiger partial charge is 0.489 e. The monoisotopic (exact) mass is 443 g/mol. The third-order valence-electron chi connectivity index (χ3n) is 5.66. The molecule has 0 radical (unpaired) electrons. The number of aliphatic carboxylic acids is 1. The first-order chi connectivity index (χ1) is 16.0. The average Bonchev–Trinajstić information content (AvgIpc) is 3.19. The summed E-state index contributed by atoms with van der Waals surface area (Å²) in [6, 6.07) is 22.8. The topological polar surface area (TPSA) is 51.5 Å². The maximum Gasteiger partial charge on any atom is 0.304 e. The number of carboxylic acid groups (broad SMARTS) is 1. The molecule has 4 rings (SSSR count). The van der Waals surface area contributed by atoms with Crippen molar-refractivity contribution in [1.82, 2.24) is 4.57 Å². The fourth-order valence-electron chi connectivity index (χ4n) is 3.97. The molecule has 0 aliphatic carbocycles. The third kappa shape index (κ3) is 5.50.